The minimum absolute atomic E-state index is 0.121. The molecule has 0 aromatic carbocycles. The van der Waals surface area contributed by atoms with Gasteiger partial charge in [-0.2, -0.15) is 4.31 Å². The summed E-state index contributed by atoms with van der Waals surface area (Å²) in [4.78, 5) is 14.8. The molecule has 0 amide bonds. The number of pyridine rings is 1. The Morgan fingerprint density at radius 3 is 2.53 bits per heavy atom. The van der Waals surface area contributed by atoms with Crippen molar-refractivity contribution in [3.63, 3.8) is 0 Å². The quantitative estimate of drug-likeness (QED) is 0.890. The average molecular weight is 349 g/mol. The van der Waals surface area contributed by atoms with Gasteiger partial charge in [0.15, 0.2) is 0 Å². The maximum absolute atomic E-state index is 12.3. The van der Waals surface area contributed by atoms with E-state index >= 15 is 0 Å². The Labute approximate surface area is 119 Å². The number of aromatic nitrogens is 1. The molecule has 1 aromatic rings. The van der Waals surface area contributed by atoms with E-state index in [0.29, 0.717) is 17.3 Å². The monoisotopic (exact) mass is 348 g/mol. The number of carbonyl (C=O) groups is 1. The Bertz CT molecular complexity index is 582. The molecule has 1 aliphatic heterocycles. The van der Waals surface area contributed by atoms with Crippen LogP contribution in [0.4, 0.5) is 0 Å². The molecule has 0 spiro atoms. The van der Waals surface area contributed by atoms with Gasteiger partial charge in [-0.25, -0.2) is 8.42 Å². The molecule has 0 radical (unpaired) electrons. The van der Waals surface area contributed by atoms with Crippen LogP contribution in [0.2, 0.25) is 0 Å². The number of nitrogens with zero attached hydrogens (tertiary/aromatic N) is 2. The lowest BCUT2D eigenvalue weighted by atomic mass is 9.99. The molecule has 0 bridgehead atoms. The summed E-state index contributed by atoms with van der Waals surface area (Å²) in [6.07, 6.45) is 3.49. The van der Waals surface area contributed by atoms with Gasteiger partial charge >= 0.3 is 5.97 Å². The molecule has 104 valence electrons. The summed E-state index contributed by atoms with van der Waals surface area (Å²) < 4.78 is 26.6. The van der Waals surface area contributed by atoms with Gasteiger partial charge in [0.05, 0.1) is 5.92 Å². The molecule has 1 fully saturated rings. The molecule has 0 unspecified atom stereocenters. The lowest BCUT2D eigenvalue weighted by Gasteiger charge is -2.29. The van der Waals surface area contributed by atoms with E-state index < -0.39 is 21.9 Å². The van der Waals surface area contributed by atoms with Gasteiger partial charge < -0.3 is 5.11 Å². The van der Waals surface area contributed by atoms with Crippen LogP contribution in [-0.2, 0) is 14.8 Å². The standard InChI is InChI=1S/C11H13BrN2O4S/c12-9-5-10(7-13-6-9)19(17,18)14-3-1-8(2-4-14)11(15)16/h5-8H,1-4H2,(H,15,16). The molecule has 1 saturated heterocycles. The first-order chi connectivity index (χ1) is 8.91. The molecule has 0 saturated carbocycles. The van der Waals surface area contributed by atoms with E-state index in [-0.39, 0.29) is 18.0 Å². The van der Waals surface area contributed by atoms with Crippen molar-refractivity contribution in [1.29, 1.82) is 0 Å². The third-order valence-electron chi connectivity index (χ3n) is 3.12. The van der Waals surface area contributed by atoms with Gasteiger partial charge in [0.2, 0.25) is 10.0 Å². The fraction of sp³-hybridized carbons (Fsp3) is 0.455. The summed E-state index contributed by atoms with van der Waals surface area (Å²) in [6, 6.07) is 1.49. The second kappa shape index (κ2) is 5.56. The first-order valence-corrected chi connectivity index (χ1v) is 7.98. The molecule has 1 aromatic heterocycles. The van der Waals surface area contributed by atoms with E-state index in [4.69, 9.17) is 5.11 Å². The van der Waals surface area contributed by atoms with Crippen molar-refractivity contribution in [3.8, 4) is 0 Å². The topological polar surface area (TPSA) is 87.6 Å². The Hall–Kier alpha value is -0.990. The van der Waals surface area contributed by atoms with Crippen molar-refractivity contribution in [1.82, 2.24) is 9.29 Å². The van der Waals surface area contributed by atoms with Crippen LogP contribution < -0.4 is 0 Å². The molecule has 0 aliphatic carbocycles. The molecule has 6 nitrogen and oxygen atoms in total. The Morgan fingerprint density at radius 1 is 1.37 bits per heavy atom. The van der Waals surface area contributed by atoms with Crippen molar-refractivity contribution < 1.29 is 18.3 Å². The highest BCUT2D eigenvalue weighted by atomic mass is 79.9. The third kappa shape index (κ3) is 3.13. The van der Waals surface area contributed by atoms with Crippen molar-refractivity contribution >= 4 is 31.9 Å². The van der Waals surface area contributed by atoms with Gasteiger partial charge in [0.25, 0.3) is 0 Å². The van der Waals surface area contributed by atoms with Crippen molar-refractivity contribution in [2.24, 2.45) is 5.92 Å². The van der Waals surface area contributed by atoms with E-state index in [1.165, 1.54) is 22.8 Å². The zero-order valence-electron chi connectivity index (χ0n) is 9.99. The average Bonchev–Trinajstić information content (AvgIpc) is 2.39. The van der Waals surface area contributed by atoms with Gasteiger partial charge in [-0.3, -0.25) is 9.78 Å². The van der Waals surface area contributed by atoms with Crippen molar-refractivity contribution in [2.75, 3.05) is 13.1 Å². The SMILES string of the molecule is O=C(O)C1CCN(S(=O)(=O)c2cncc(Br)c2)CC1. The third-order valence-corrected chi connectivity index (χ3v) is 5.42. The fourth-order valence-electron chi connectivity index (χ4n) is 2.03. The smallest absolute Gasteiger partial charge is 0.306 e. The highest BCUT2D eigenvalue weighted by Gasteiger charge is 2.32. The summed E-state index contributed by atoms with van der Waals surface area (Å²) >= 11 is 3.18. The minimum atomic E-state index is -3.59. The number of hydrogen-bond donors (Lipinski definition) is 1. The van der Waals surface area contributed by atoms with Gasteiger partial charge in [0, 0.05) is 30.0 Å². The van der Waals surface area contributed by atoms with Crippen molar-refractivity contribution in [3.05, 3.63) is 22.9 Å². The zero-order chi connectivity index (χ0) is 14.0. The van der Waals surface area contributed by atoms with Gasteiger partial charge in [-0.1, -0.05) is 0 Å². The summed E-state index contributed by atoms with van der Waals surface area (Å²) in [5, 5.41) is 8.90. The normalized spacial score (nSPS) is 18.4. The number of rotatable bonds is 3. The summed E-state index contributed by atoms with van der Waals surface area (Å²) in [5.74, 6) is -1.31. The van der Waals surface area contributed by atoms with Gasteiger partial charge in [-0.05, 0) is 34.8 Å². The van der Waals surface area contributed by atoms with Crippen LogP contribution in [0.5, 0.6) is 0 Å². The molecule has 1 N–H and O–H groups in total. The number of halogens is 1. The number of hydrogen-bond acceptors (Lipinski definition) is 4. The van der Waals surface area contributed by atoms with Crippen LogP contribution in [0.25, 0.3) is 0 Å². The van der Waals surface area contributed by atoms with E-state index in [9.17, 15) is 13.2 Å². The van der Waals surface area contributed by atoms with Crippen LogP contribution >= 0.6 is 15.9 Å². The molecule has 0 atom stereocenters. The number of carboxylic acid groups (broad SMARTS) is 1. The zero-order valence-corrected chi connectivity index (χ0v) is 12.4. The van der Waals surface area contributed by atoms with Crippen molar-refractivity contribution in [2.45, 2.75) is 17.7 Å². The highest BCUT2D eigenvalue weighted by Crippen LogP contribution is 2.24. The van der Waals surface area contributed by atoms with Crippen LogP contribution in [0.15, 0.2) is 27.8 Å². The Morgan fingerprint density at radius 2 is 2.00 bits per heavy atom. The van der Waals surface area contributed by atoms with E-state index in [1.54, 1.807) is 0 Å². The van der Waals surface area contributed by atoms with E-state index in [0.717, 1.165) is 0 Å². The minimum Gasteiger partial charge on any atom is -0.481 e. The predicted molar refractivity (Wildman–Crippen MR) is 71.1 cm³/mol. The number of sulfonamides is 1. The van der Waals surface area contributed by atoms with E-state index in [2.05, 4.69) is 20.9 Å². The van der Waals surface area contributed by atoms with Crippen LogP contribution in [0, 0.1) is 5.92 Å². The molecule has 2 heterocycles. The van der Waals surface area contributed by atoms with Crippen LogP contribution in [0.3, 0.4) is 0 Å². The summed E-state index contributed by atoms with van der Waals surface area (Å²) in [6.45, 7) is 0.456. The summed E-state index contributed by atoms with van der Waals surface area (Å²) in [5.41, 5.74) is 0. The Kier molecular flexibility index (Phi) is 4.22. The Balaban J connectivity index is 2.16. The maximum atomic E-state index is 12.3. The molecule has 1 aliphatic rings. The first-order valence-electron chi connectivity index (χ1n) is 5.75. The first kappa shape index (κ1) is 14.4. The number of carboxylic acids is 1. The molecular weight excluding hydrogens is 336 g/mol. The van der Waals surface area contributed by atoms with Crippen LogP contribution in [0.1, 0.15) is 12.8 Å². The summed E-state index contributed by atoms with van der Waals surface area (Å²) in [7, 11) is -3.59. The van der Waals surface area contributed by atoms with E-state index in [1.807, 2.05) is 0 Å². The molecular formula is C11H13BrN2O4S. The molecule has 19 heavy (non-hydrogen) atoms. The lowest BCUT2D eigenvalue weighted by Crippen LogP contribution is -2.40. The lowest BCUT2D eigenvalue weighted by molar-refractivity contribution is -0.142. The second-order valence-corrected chi connectivity index (χ2v) is 7.21. The molecule has 2 rings (SSSR count). The van der Waals surface area contributed by atoms with Crippen LogP contribution in [-0.4, -0.2) is 41.9 Å². The fourth-order valence-corrected chi connectivity index (χ4v) is 4.00. The van der Waals surface area contributed by atoms with Gasteiger partial charge in [-0.15, -0.1) is 0 Å². The predicted octanol–water partition coefficient (Wildman–Crippen LogP) is 1.33. The second-order valence-electron chi connectivity index (χ2n) is 4.36. The molecule has 8 heteroatoms. The maximum Gasteiger partial charge on any atom is 0.306 e. The van der Waals surface area contributed by atoms with Gasteiger partial charge in [0.1, 0.15) is 4.90 Å². The number of piperidine rings is 1. The highest BCUT2D eigenvalue weighted by molar-refractivity contribution is 9.10. The largest absolute Gasteiger partial charge is 0.481 e. The number of aliphatic carboxylic acids is 1.